The van der Waals surface area contributed by atoms with Gasteiger partial charge in [0.1, 0.15) is 0 Å². The standard InChI is InChI=1S/C21H20F2N2O3S/c1-2-21(12-11-17(26)25-19(21)28)14-5-7-15(8-6-14)24-18(27)13-3-9-16(10-4-13)29-20(22)23/h3-10,20H,2,11-12H2,1H3,(H,24,27)(H,25,26,28). The van der Waals surface area contributed by atoms with E-state index in [0.29, 0.717) is 40.7 Å². The Balaban J connectivity index is 1.71. The summed E-state index contributed by atoms with van der Waals surface area (Å²) in [7, 11) is 0. The number of alkyl halides is 2. The van der Waals surface area contributed by atoms with Crippen LogP contribution < -0.4 is 10.6 Å². The van der Waals surface area contributed by atoms with E-state index in [1.807, 2.05) is 6.92 Å². The minimum atomic E-state index is -2.51. The molecule has 0 aliphatic carbocycles. The maximum absolute atomic E-state index is 12.4. The fourth-order valence-corrected chi connectivity index (χ4v) is 3.93. The Morgan fingerprint density at radius 2 is 1.79 bits per heavy atom. The SMILES string of the molecule is CCC1(c2ccc(NC(=O)c3ccc(SC(F)F)cc3)cc2)CCC(=O)NC1=O. The summed E-state index contributed by atoms with van der Waals surface area (Å²) in [5.74, 6) is -3.43. The average Bonchev–Trinajstić information content (AvgIpc) is 2.69. The molecule has 152 valence electrons. The second kappa shape index (κ2) is 8.73. The lowest BCUT2D eigenvalue weighted by Gasteiger charge is -2.35. The molecule has 0 saturated carbocycles. The lowest BCUT2D eigenvalue weighted by molar-refractivity contribution is -0.138. The highest BCUT2D eigenvalue weighted by molar-refractivity contribution is 7.99. The van der Waals surface area contributed by atoms with E-state index in [1.165, 1.54) is 24.3 Å². The zero-order valence-corrected chi connectivity index (χ0v) is 16.5. The zero-order valence-electron chi connectivity index (χ0n) is 15.7. The van der Waals surface area contributed by atoms with Crippen molar-refractivity contribution in [2.75, 3.05) is 5.32 Å². The molecule has 8 heteroatoms. The number of imide groups is 1. The summed E-state index contributed by atoms with van der Waals surface area (Å²) in [6, 6.07) is 12.9. The molecule has 1 saturated heterocycles. The molecule has 0 spiro atoms. The summed E-state index contributed by atoms with van der Waals surface area (Å²) in [6.45, 7) is 1.90. The van der Waals surface area contributed by atoms with Crippen molar-refractivity contribution in [3.63, 3.8) is 0 Å². The smallest absolute Gasteiger partial charge is 0.288 e. The maximum atomic E-state index is 12.4. The number of halogens is 2. The number of nitrogens with one attached hydrogen (secondary N) is 2. The number of thioether (sulfide) groups is 1. The van der Waals surface area contributed by atoms with E-state index in [9.17, 15) is 23.2 Å². The summed E-state index contributed by atoms with van der Waals surface area (Å²) < 4.78 is 24.7. The highest BCUT2D eigenvalue weighted by atomic mass is 32.2. The van der Waals surface area contributed by atoms with Crippen molar-refractivity contribution in [1.82, 2.24) is 5.32 Å². The number of hydrogen-bond donors (Lipinski definition) is 2. The van der Waals surface area contributed by atoms with Gasteiger partial charge in [-0.2, -0.15) is 8.78 Å². The van der Waals surface area contributed by atoms with E-state index < -0.39 is 11.2 Å². The molecule has 2 N–H and O–H groups in total. The first-order chi connectivity index (χ1) is 13.8. The molecule has 1 fully saturated rings. The van der Waals surface area contributed by atoms with E-state index in [4.69, 9.17) is 0 Å². The van der Waals surface area contributed by atoms with Gasteiger partial charge in [0.25, 0.3) is 11.7 Å². The molecule has 1 atom stereocenters. The van der Waals surface area contributed by atoms with E-state index >= 15 is 0 Å². The Hall–Kier alpha value is -2.74. The number of amides is 3. The quantitative estimate of drug-likeness (QED) is 0.541. The number of anilines is 1. The van der Waals surface area contributed by atoms with E-state index in [2.05, 4.69) is 10.6 Å². The van der Waals surface area contributed by atoms with Crippen molar-refractivity contribution < 1.29 is 23.2 Å². The Bertz CT molecular complexity index is 917. The van der Waals surface area contributed by atoms with Gasteiger partial charge in [0, 0.05) is 22.6 Å². The molecule has 2 aromatic rings. The molecule has 29 heavy (non-hydrogen) atoms. The maximum Gasteiger partial charge on any atom is 0.288 e. The van der Waals surface area contributed by atoms with Gasteiger partial charge in [-0.05, 0) is 54.8 Å². The van der Waals surface area contributed by atoms with Crippen molar-refractivity contribution in [2.24, 2.45) is 0 Å². The highest BCUT2D eigenvalue weighted by Gasteiger charge is 2.42. The molecule has 2 aromatic carbocycles. The van der Waals surface area contributed by atoms with Crippen molar-refractivity contribution in [3.05, 3.63) is 59.7 Å². The second-order valence-corrected chi connectivity index (χ2v) is 7.81. The predicted octanol–water partition coefficient (Wildman–Crippen LogP) is 4.34. The topological polar surface area (TPSA) is 75.3 Å². The number of carbonyl (C=O) groups excluding carboxylic acids is 3. The molecule has 1 unspecified atom stereocenters. The summed E-state index contributed by atoms with van der Waals surface area (Å²) in [5, 5.41) is 5.16. The lowest BCUT2D eigenvalue weighted by atomic mass is 9.72. The van der Waals surface area contributed by atoms with Crippen molar-refractivity contribution >= 4 is 35.2 Å². The first-order valence-electron chi connectivity index (χ1n) is 9.15. The van der Waals surface area contributed by atoms with Crippen molar-refractivity contribution in [3.8, 4) is 0 Å². The minimum Gasteiger partial charge on any atom is -0.322 e. The van der Waals surface area contributed by atoms with E-state index in [0.717, 1.165) is 5.56 Å². The van der Waals surface area contributed by atoms with Crippen molar-refractivity contribution in [1.29, 1.82) is 0 Å². The van der Waals surface area contributed by atoms with E-state index in [1.54, 1.807) is 24.3 Å². The van der Waals surface area contributed by atoms with Crippen molar-refractivity contribution in [2.45, 2.75) is 42.3 Å². The van der Waals surface area contributed by atoms with Gasteiger partial charge in [-0.25, -0.2) is 0 Å². The largest absolute Gasteiger partial charge is 0.322 e. The Labute approximate surface area is 171 Å². The van der Waals surface area contributed by atoms with Crippen LogP contribution >= 0.6 is 11.8 Å². The monoisotopic (exact) mass is 418 g/mol. The number of benzene rings is 2. The van der Waals surface area contributed by atoms with Gasteiger partial charge in [0.05, 0.1) is 5.41 Å². The van der Waals surface area contributed by atoms with Gasteiger partial charge in [-0.1, -0.05) is 30.8 Å². The third-order valence-corrected chi connectivity index (χ3v) is 5.83. The molecule has 3 amide bonds. The molecule has 5 nitrogen and oxygen atoms in total. The van der Waals surface area contributed by atoms with Gasteiger partial charge in [0.15, 0.2) is 0 Å². The van der Waals surface area contributed by atoms with Crippen LogP contribution in [0.1, 0.15) is 42.1 Å². The molecular weight excluding hydrogens is 398 g/mol. The predicted molar refractivity (Wildman–Crippen MR) is 107 cm³/mol. The first-order valence-corrected chi connectivity index (χ1v) is 10.0. The molecule has 3 rings (SSSR count). The van der Waals surface area contributed by atoms with Crippen LogP contribution in [0.4, 0.5) is 14.5 Å². The molecule has 0 radical (unpaired) electrons. The first kappa shape index (κ1) is 21.0. The van der Waals surface area contributed by atoms with Gasteiger partial charge < -0.3 is 5.32 Å². The van der Waals surface area contributed by atoms with Gasteiger partial charge >= 0.3 is 0 Å². The third-order valence-electron chi connectivity index (χ3n) is 5.11. The third kappa shape index (κ3) is 4.64. The number of rotatable bonds is 6. The molecule has 0 bridgehead atoms. The van der Waals surface area contributed by atoms with Gasteiger partial charge in [-0.3, -0.25) is 19.7 Å². The van der Waals surface area contributed by atoms with Crippen LogP contribution in [-0.4, -0.2) is 23.5 Å². The number of hydrogen-bond acceptors (Lipinski definition) is 4. The van der Waals surface area contributed by atoms with Crippen LogP contribution in [0, 0.1) is 0 Å². The van der Waals surface area contributed by atoms with Gasteiger partial charge in [0.2, 0.25) is 11.8 Å². The Morgan fingerprint density at radius 3 is 2.34 bits per heavy atom. The molecule has 1 aliphatic heterocycles. The second-order valence-electron chi connectivity index (χ2n) is 6.75. The summed E-state index contributed by atoms with van der Waals surface area (Å²) in [5.41, 5.74) is 0.928. The van der Waals surface area contributed by atoms with Crippen LogP contribution in [0.25, 0.3) is 0 Å². The summed E-state index contributed by atoms with van der Waals surface area (Å²) >= 11 is 0.421. The van der Waals surface area contributed by atoms with Crippen LogP contribution in [-0.2, 0) is 15.0 Å². The summed E-state index contributed by atoms with van der Waals surface area (Å²) in [6.07, 6.45) is 1.29. The minimum absolute atomic E-state index is 0.263. The highest BCUT2D eigenvalue weighted by Crippen LogP contribution is 2.36. The van der Waals surface area contributed by atoms with Crippen LogP contribution in [0.15, 0.2) is 53.4 Å². The fraction of sp³-hybridized carbons (Fsp3) is 0.286. The molecule has 1 heterocycles. The normalized spacial score (nSPS) is 19.2. The lowest BCUT2D eigenvalue weighted by Crippen LogP contribution is -2.51. The van der Waals surface area contributed by atoms with E-state index in [-0.39, 0.29) is 24.1 Å². The average molecular weight is 418 g/mol. The van der Waals surface area contributed by atoms with Gasteiger partial charge in [-0.15, -0.1) is 0 Å². The van der Waals surface area contributed by atoms with Crippen LogP contribution in [0.2, 0.25) is 0 Å². The fourth-order valence-electron chi connectivity index (χ4n) is 3.43. The molecule has 0 aromatic heterocycles. The van der Waals surface area contributed by atoms with Crippen LogP contribution in [0.5, 0.6) is 0 Å². The zero-order chi connectivity index (χ0) is 21.0. The van der Waals surface area contributed by atoms with Crippen LogP contribution in [0.3, 0.4) is 0 Å². The molecular formula is C21H20F2N2O3S. The number of carbonyl (C=O) groups is 3. The Kier molecular flexibility index (Phi) is 6.32. The molecule has 1 aliphatic rings. The Morgan fingerprint density at radius 1 is 1.14 bits per heavy atom. The summed E-state index contributed by atoms with van der Waals surface area (Å²) in [4.78, 5) is 36.7. The number of piperidine rings is 1.